The molecule has 0 amide bonds. The highest BCUT2D eigenvalue weighted by molar-refractivity contribution is 7.57. The first kappa shape index (κ1) is 16.1. The summed E-state index contributed by atoms with van der Waals surface area (Å²) in [4.78, 5) is 4.39. The fourth-order valence-corrected chi connectivity index (χ4v) is 4.46. The van der Waals surface area contributed by atoms with Gasteiger partial charge in [0.1, 0.15) is 0 Å². The Kier molecular flexibility index (Phi) is 6.14. The van der Waals surface area contributed by atoms with E-state index in [0.29, 0.717) is 10.0 Å². The number of aryl methyl sites for hydroxylation is 1. The minimum atomic E-state index is 0.267. The molecule has 0 unspecified atom stereocenters. The molecular formula is C15H21Cl2N2P. The average molecular weight is 331 g/mol. The number of imidazole rings is 1. The molecule has 0 spiro atoms. The van der Waals surface area contributed by atoms with E-state index >= 15 is 0 Å². The second-order valence-corrected chi connectivity index (χ2v) is 8.80. The predicted molar refractivity (Wildman–Crippen MR) is 91.9 cm³/mol. The Balaban J connectivity index is 1.95. The molecular weight excluding hydrogens is 310 g/mol. The van der Waals surface area contributed by atoms with Crippen molar-refractivity contribution in [2.75, 3.05) is 18.5 Å². The topological polar surface area (TPSA) is 17.8 Å². The third-order valence-corrected chi connectivity index (χ3v) is 7.14. The summed E-state index contributed by atoms with van der Waals surface area (Å²) in [6, 6.07) is 3.75. The zero-order valence-electron chi connectivity index (χ0n) is 12.1. The summed E-state index contributed by atoms with van der Waals surface area (Å²) in [7, 11) is 0.267. The fourth-order valence-electron chi connectivity index (χ4n) is 2.39. The summed E-state index contributed by atoms with van der Waals surface area (Å²) in [6.07, 6.45) is 8.49. The molecule has 0 saturated heterocycles. The first-order valence-corrected chi connectivity index (χ1v) is 9.83. The van der Waals surface area contributed by atoms with Crippen molar-refractivity contribution in [3.63, 3.8) is 0 Å². The maximum atomic E-state index is 6.09. The highest BCUT2D eigenvalue weighted by Gasteiger charge is 2.07. The molecule has 2 aromatic rings. The smallest absolute Gasteiger partial charge is 0.0958 e. The van der Waals surface area contributed by atoms with Crippen LogP contribution < -0.4 is 0 Å². The molecule has 0 N–H and O–H groups in total. The quantitative estimate of drug-likeness (QED) is 0.474. The highest BCUT2D eigenvalue weighted by atomic mass is 35.5. The molecule has 0 aliphatic rings. The van der Waals surface area contributed by atoms with Crippen molar-refractivity contribution in [3.05, 3.63) is 28.5 Å². The van der Waals surface area contributed by atoms with E-state index < -0.39 is 0 Å². The molecule has 110 valence electrons. The molecule has 0 aliphatic heterocycles. The van der Waals surface area contributed by atoms with Gasteiger partial charge in [0.15, 0.2) is 0 Å². The first-order chi connectivity index (χ1) is 9.65. The summed E-state index contributed by atoms with van der Waals surface area (Å²) in [6.45, 7) is 5.62. The van der Waals surface area contributed by atoms with E-state index in [1.54, 1.807) is 0 Å². The molecule has 0 saturated carbocycles. The number of fused-ring (bicyclic) bond motifs is 1. The van der Waals surface area contributed by atoms with Gasteiger partial charge in [0.25, 0.3) is 0 Å². The predicted octanol–water partition coefficient (Wildman–Crippen LogP) is 5.65. The van der Waals surface area contributed by atoms with E-state index in [1.807, 2.05) is 18.5 Å². The third kappa shape index (κ3) is 3.87. The third-order valence-electron chi connectivity index (χ3n) is 3.68. The van der Waals surface area contributed by atoms with E-state index in [1.165, 1.54) is 31.3 Å². The number of hydrogen-bond donors (Lipinski definition) is 0. The summed E-state index contributed by atoms with van der Waals surface area (Å²) in [5.74, 6) is 0. The standard InChI is InChI=1S/C15H21Cl2N2P/c1-3-20(4-2)8-6-5-7-19-11-18-14-9-12(16)13(17)10-15(14)19/h9-11H,3-8H2,1-2H3. The minimum Gasteiger partial charge on any atom is -0.331 e. The van der Waals surface area contributed by atoms with E-state index in [2.05, 4.69) is 23.4 Å². The number of hydrogen-bond acceptors (Lipinski definition) is 1. The number of rotatable bonds is 7. The lowest BCUT2D eigenvalue weighted by Gasteiger charge is -2.12. The number of benzene rings is 1. The molecule has 0 fully saturated rings. The van der Waals surface area contributed by atoms with E-state index in [-0.39, 0.29) is 7.92 Å². The number of nitrogens with zero attached hydrogens (tertiary/aromatic N) is 2. The zero-order valence-corrected chi connectivity index (χ0v) is 14.5. The van der Waals surface area contributed by atoms with Crippen molar-refractivity contribution in [2.24, 2.45) is 0 Å². The lowest BCUT2D eigenvalue weighted by atomic mass is 10.3. The summed E-state index contributed by atoms with van der Waals surface area (Å²) >= 11 is 12.1. The molecule has 0 aliphatic carbocycles. The van der Waals surface area contributed by atoms with Gasteiger partial charge >= 0.3 is 0 Å². The summed E-state index contributed by atoms with van der Waals surface area (Å²) < 4.78 is 2.18. The van der Waals surface area contributed by atoms with Gasteiger partial charge in [-0.05, 0) is 43.5 Å². The van der Waals surface area contributed by atoms with Gasteiger partial charge in [-0.2, -0.15) is 0 Å². The van der Waals surface area contributed by atoms with Crippen molar-refractivity contribution in [3.8, 4) is 0 Å². The van der Waals surface area contributed by atoms with Gasteiger partial charge in [-0.1, -0.05) is 37.0 Å². The van der Waals surface area contributed by atoms with Gasteiger partial charge in [-0.3, -0.25) is 0 Å². The van der Waals surface area contributed by atoms with Crippen LogP contribution >= 0.6 is 31.1 Å². The lowest BCUT2D eigenvalue weighted by Crippen LogP contribution is -1.98. The molecule has 20 heavy (non-hydrogen) atoms. The van der Waals surface area contributed by atoms with Crippen molar-refractivity contribution in [2.45, 2.75) is 33.2 Å². The Morgan fingerprint density at radius 3 is 2.50 bits per heavy atom. The van der Waals surface area contributed by atoms with Crippen LogP contribution in [0.2, 0.25) is 10.0 Å². The summed E-state index contributed by atoms with van der Waals surface area (Å²) in [5.41, 5.74) is 2.00. The molecule has 0 radical (unpaired) electrons. The largest absolute Gasteiger partial charge is 0.331 e. The number of aromatic nitrogens is 2. The number of halogens is 2. The van der Waals surface area contributed by atoms with Crippen molar-refractivity contribution >= 4 is 42.2 Å². The molecule has 0 bridgehead atoms. The molecule has 5 heteroatoms. The van der Waals surface area contributed by atoms with Gasteiger partial charge in [-0.25, -0.2) is 4.98 Å². The van der Waals surface area contributed by atoms with E-state index in [9.17, 15) is 0 Å². The Morgan fingerprint density at radius 1 is 1.10 bits per heavy atom. The van der Waals surface area contributed by atoms with Crippen LogP contribution in [0.15, 0.2) is 18.5 Å². The Hall–Kier alpha value is -0.300. The van der Waals surface area contributed by atoms with Gasteiger partial charge in [0.2, 0.25) is 0 Å². The normalized spacial score (nSPS) is 11.7. The van der Waals surface area contributed by atoms with E-state index in [0.717, 1.165) is 17.6 Å². The molecule has 2 nitrogen and oxygen atoms in total. The zero-order chi connectivity index (χ0) is 14.5. The van der Waals surface area contributed by atoms with Crippen LogP contribution in [0.3, 0.4) is 0 Å². The van der Waals surface area contributed by atoms with Gasteiger partial charge < -0.3 is 4.57 Å². The maximum absolute atomic E-state index is 6.09. The monoisotopic (exact) mass is 330 g/mol. The molecule has 2 rings (SSSR count). The molecule has 1 aromatic heterocycles. The fraction of sp³-hybridized carbons (Fsp3) is 0.533. The Morgan fingerprint density at radius 2 is 1.80 bits per heavy atom. The number of unbranched alkanes of at least 4 members (excludes halogenated alkanes) is 1. The SMILES string of the molecule is CCP(CC)CCCCn1cnc2cc(Cl)c(Cl)cc21. The van der Waals surface area contributed by atoms with Gasteiger partial charge in [0.05, 0.1) is 27.4 Å². The van der Waals surface area contributed by atoms with Gasteiger partial charge in [-0.15, -0.1) is 7.92 Å². The molecule has 1 aromatic carbocycles. The van der Waals surface area contributed by atoms with Crippen molar-refractivity contribution in [1.29, 1.82) is 0 Å². The first-order valence-electron chi connectivity index (χ1n) is 7.18. The van der Waals surface area contributed by atoms with Crippen molar-refractivity contribution in [1.82, 2.24) is 9.55 Å². The Labute approximate surface area is 132 Å². The van der Waals surface area contributed by atoms with Crippen LogP contribution in [0.5, 0.6) is 0 Å². The Bertz CT molecular complexity index is 564. The molecule has 1 heterocycles. The van der Waals surface area contributed by atoms with Crippen molar-refractivity contribution < 1.29 is 0 Å². The lowest BCUT2D eigenvalue weighted by molar-refractivity contribution is 0.647. The minimum absolute atomic E-state index is 0.267. The van der Waals surface area contributed by atoms with Crippen LogP contribution in [0.25, 0.3) is 11.0 Å². The van der Waals surface area contributed by atoms with Crippen LogP contribution in [0.4, 0.5) is 0 Å². The van der Waals surface area contributed by atoms with Crippen LogP contribution in [-0.2, 0) is 6.54 Å². The van der Waals surface area contributed by atoms with E-state index in [4.69, 9.17) is 23.2 Å². The second-order valence-electron chi connectivity index (χ2n) is 4.93. The van der Waals surface area contributed by atoms with Crippen LogP contribution in [-0.4, -0.2) is 28.0 Å². The second kappa shape index (κ2) is 7.64. The van der Waals surface area contributed by atoms with Crippen LogP contribution in [0, 0.1) is 0 Å². The summed E-state index contributed by atoms with van der Waals surface area (Å²) in [5, 5.41) is 1.17. The highest BCUT2D eigenvalue weighted by Crippen LogP contribution is 2.35. The van der Waals surface area contributed by atoms with Gasteiger partial charge in [0, 0.05) is 6.54 Å². The average Bonchev–Trinajstić information content (AvgIpc) is 2.82. The van der Waals surface area contributed by atoms with Crippen LogP contribution in [0.1, 0.15) is 26.7 Å². The maximum Gasteiger partial charge on any atom is 0.0958 e. The molecule has 0 atom stereocenters.